The Labute approximate surface area is 90.8 Å². The lowest BCUT2D eigenvalue weighted by Gasteiger charge is -2.17. The van der Waals surface area contributed by atoms with Crippen LogP contribution in [0.5, 0.6) is 0 Å². The largest absolute Gasteiger partial charge is 0.447 e. The fraction of sp³-hybridized carbons (Fsp3) is 0.300. The number of anilines is 1. The lowest BCUT2D eigenvalue weighted by Crippen LogP contribution is -2.30. The molecule has 1 amide bonds. The molecule has 0 aliphatic carbocycles. The molecule has 74 valence electrons. The van der Waals surface area contributed by atoms with Gasteiger partial charge in [0.1, 0.15) is 6.61 Å². The van der Waals surface area contributed by atoms with Gasteiger partial charge in [0.05, 0.1) is 6.04 Å². The molecule has 1 aliphatic rings. The van der Waals surface area contributed by atoms with Crippen molar-refractivity contribution in [2.45, 2.75) is 13.0 Å². The van der Waals surface area contributed by atoms with Crippen LogP contribution in [0.4, 0.5) is 10.5 Å². The number of cyclic esters (lactones) is 1. The molecule has 1 saturated heterocycles. The van der Waals surface area contributed by atoms with E-state index in [1.807, 2.05) is 31.2 Å². The Morgan fingerprint density at radius 2 is 2.36 bits per heavy atom. The quantitative estimate of drug-likeness (QED) is 0.773. The Morgan fingerprint density at radius 3 is 2.93 bits per heavy atom. The zero-order valence-corrected chi connectivity index (χ0v) is 9.32. The molecule has 1 aromatic rings. The van der Waals surface area contributed by atoms with Crippen LogP contribution in [0.2, 0.25) is 0 Å². The number of carbonyl (C=O) groups is 1. The summed E-state index contributed by atoms with van der Waals surface area (Å²) < 4.78 is 5.90. The molecule has 1 aliphatic heterocycles. The van der Waals surface area contributed by atoms with Crippen molar-refractivity contribution in [3.63, 3.8) is 0 Å². The monoisotopic (exact) mass is 255 g/mol. The van der Waals surface area contributed by atoms with Crippen LogP contribution in [-0.4, -0.2) is 18.7 Å². The zero-order chi connectivity index (χ0) is 10.1. The number of amides is 1. The van der Waals surface area contributed by atoms with E-state index >= 15 is 0 Å². The second kappa shape index (κ2) is 3.61. The topological polar surface area (TPSA) is 29.5 Å². The summed E-state index contributed by atoms with van der Waals surface area (Å²) in [6.07, 6.45) is -0.268. The van der Waals surface area contributed by atoms with Gasteiger partial charge in [-0.3, -0.25) is 4.90 Å². The Balaban J connectivity index is 2.34. The van der Waals surface area contributed by atoms with Crippen LogP contribution in [-0.2, 0) is 4.74 Å². The first-order chi connectivity index (χ1) is 6.68. The van der Waals surface area contributed by atoms with Crippen LogP contribution in [0.15, 0.2) is 28.7 Å². The highest BCUT2D eigenvalue weighted by Crippen LogP contribution is 2.25. The van der Waals surface area contributed by atoms with Crippen molar-refractivity contribution < 1.29 is 9.53 Å². The van der Waals surface area contributed by atoms with E-state index in [-0.39, 0.29) is 12.1 Å². The summed E-state index contributed by atoms with van der Waals surface area (Å²) >= 11 is 3.37. The summed E-state index contributed by atoms with van der Waals surface area (Å²) in [7, 11) is 0. The summed E-state index contributed by atoms with van der Waals surface area (Å²) in [6.45, 7) is 2.43. The third kappa shape index (κ3) is 1.62. The standard InChI is InChI=1S/C10H10BrNO2/c1-7-6-14-10(13)12(7)9-4-2-3-8(11)5-9/h2-5,7H,6H2,1H3/t7-/m1/s1. The van der Waals surface area contributed by atoms with Crippen LogP contribution in [0, 0.1) is 0 Å². The zero-order valence-electron chi connectivity index (χ0n) is 7.74. The van der Waals surface area contributed by atoms with E-state index in [4.69, 9.17) is 4.74 Å². The van der Waals surface area contributed by atoms with Crippen LogP contribution < -0.4 is 4.90 Å². The summed E-state index contributed by atoms with van der Waals surface area (Å²) in [4.78, 5) is 13.0. The third-order valence-electron chi connectivity index (χ3n) is 2.17. The lowest BCUT2D eigenvalue weighted by molar-refractivity contribution is 0.179. The second-order valence-corrected chi connectivity index (χ2v) is 4.19. The van der Waals surface area contributed by atoms with Crippen LogP contribution in [0.3, 0.4) is 0 Å². The van der Waals surface area contributed by atoms with Gasteiger partial charge in [0.15, 0.2) is 0 Å². The minimum absolute atomic E-state index is 0.108. The molecule has 0 N–H and O–H groups in total. The van der Waals surface area contributed by atoms with Gasteiger partial charge in [0.2, 0.25) is 0 Å². The molecule has 0 unspecified atom stereocenters. The number of ether oxygens (including phenoxy) is 1. The van der Waals surface area contributed by atoms with Crippen molar-refractivity contribution in [2.24, 2.45) is 0 Å². The van der Waals surface area contributed by atoms with Crippen molar-refractivity contribution >= 4 is 27.7 Å². The number of nitrogens with zero attached hydrogens (tertiary/aromatic N) is 1. The molecule has 0 radical (unpaired) electrons. The Bertz CT molecular complexity index is 367. The molecule has 1 aromatic carbocycles. The van der Waals surface area contributed by atoms with E-state index in [9.17, 15) is 4.79 Å². The number of hydrogen-bond acceptors (Lipinski definition) is 2. The van der Waals surface area contributed by atoms with Gasteiger partial charge in [-0.15, -0.1) is 0 Å². The fourth-order valence-corrected chi connectivity index (χ4v) is 1.89. The maximum Gasteiger partial charge on any atom is 0.414 e. The molecule has 4 heteroatoms. The predicted octanol–water partition coefficient (Wildman–Crippen LogP) is 2.79. The Hall–Kier alpha value is -1.03. The first-order valence-corrected chi connectivity index (χ1v) is 5.19. The average molecular weight is 256 g/mol. The van der Waals surface area contributed by atoms with Crippen molar-refractivity contribution in [2.75, 3.05) is 11.5 Å². The molecule has 3 nitrogen and oxygen atoms in total. The molecule has 1 fully saturated rings. The second-order valence-electron chi connectivity index (χ2n) is 3.28. The first kappa shape index (κ1) is 9.52. The highest BCUT2D eigenvalue weighted by molar-refractivity contribution is 9.10. The number of hydrogen-bond donors (Lipinski definition) is 0. The number of rotatable bonds is 1. The fourth-order valence-electron chi connectivity index (χ4n) is 1.50. The normalized spacial score (nSPS) is 21.1. The van der Waals surface area contributed by atoms with Gasteiger partial charge in [-0.2, -0.15) is 0 Å². The van der Waals surface area contributed by atoms with Crippen molar-refractivity contribution in [1.82, 2.24) is 0 Å². The molecule has 1 heterocycles. The molecule has 14 heavy (non-hydrogen) atoms. The van der Waals surface area contributed by atoms with Crippen molar-refractivity contribution in [3.05, 3.63) is 28.7 Å². The molecular formula is C10H10BrNO2. The van der Waals surface area contributed by atoms with E-state index in [0.717, 1.165) is 10.2 Å². The number of halogens is 1. The molecule has 1 atom stereocenters. The molecule has 0 spiro atoms. The van der Waals surface area contributed by atoms with Gasteiger partial charge < -0.3 is 4.74 Å². The molecular weight excluding hydrogens is 246 g/mol. The molecule has 0 aromatic heterocycles. The maximum absolute atomic E-state index is 11.4. The Morgan fingerprint density at radius 1 is 1.57 bits per heavy atom. The van der Waals surface area contributed by atoms with Gasteiger partial charge in [-0.25, -0.2) is 4.79 Å². The van der Waals surface area contributed by atoms with Gasteiger partial charge in [0, 0.05) is 10.2 Å². The van der Waals surface area contributed by atoms with Crippen molar-refractivity contribution in [3.8, 4) is 0 Å². The Kier molecular flexibility index (Phi) is 2.46. The third-order valence-corrected chi connectivity index (χ3v) is 2.67. The summed E-state index contributed by atoms with van der Waals surface area (Å²) in [5, 5.41) is 0. The first-order valence-electron chi connectivity index (χ1n) is 4.40. The highest BCUT2D eigenvalue weighted by atomic mass is 79.9. The predicted molar refractivity (Wildman–Crippen MR) is 57.4 cm³/mol. The van der Waals surface area contributed by atoms with Gasteiger partial charge >= 0.3 is 6.09 Å². The molecule has 0 bridgehead atoms. The summed E-state index contributed by atoms with van der Waals surface area (Å²) in [5.74, 6) is 0. The number of benzene rings is 1. The van der Waals surface area contributed by atoms with E-state index in [1.54, 1.807) is 4.90 Å². The minimum Gasteiger partial charge on any atom is -0.447 e. The summed E-state index contributed by atoms with van der Waals surface area (Å²) in [5.41, 5.74) is 0.870. The van der Waals surface area contributed by atoms with Gasteiger partial charge in [0.25, 0.3) is 0 Å². The molecule has 0 saturated carbocycles. The smallest absolute Gasteiger partial charge is 0.414 e. The minimum atomic E-state index is -0.268. The van der Waals surface area contributed by atoms with E-state index in [1.165, 1.54) is 0 Å². The summed E-state index contributed by atoms with van der Waals surface area (Å²) in [6, 6.07) is 7.74. The highest BCUT2D eigenvalue weighted by Gasteiger charge is 2.30. The van der Waals surface area contributed by atoms with Crippen LogP contribution in [0.1, 0.15) is 6.92 Å². The average Bonchev–Trinajstić information content (AvgIpc) is 2.46. The molecule has 2 rings (SSSR count). The number of carbonyl (C=O) groups excluding carboxylic acids is 1. The van der Waals surface area contributed by atoms with E-state index in [0.29, 0.717) is 6.61 Å². The van der Waals surface area contributed by atoms with Gasteiger partial charge in [-0.05, 0) is 25.1 Å². The van der Waals surface area contributed by atoms with E-state index < -0.39 is 0 Å². The lowest BCUT2D eigenvalue weighted by atomic mass is 10.2. The van der Waals surface area contributed by atoms with E-state index in [2.05, 4.69) is 15.9 Å². The van der Waals surface area contributed by atoms with Crippen LogP contribution in [0.25, 0.3) is 0 Å². The van der Waals surface area contributed by atoms with Crippen LogP contribution >= 0.6 is 15.9 Å². The van der Waals surface area contributed by atoms with Gasteiger partial charge in [-0.1, -0.05) is 22.0 Å². The van der Waals surface area contributed by atoms with Crippen molar-refractivity contribution in [1.29, 1.82) is 0 Å². The maximum atomic E-state index is 11.4. The SMILES string of the molecule is C[C@@H]1COC(=O)N1c1cccc(Br)c1.